The van der Waals surface area contributed by atoms with Gasteiger partial charge < -0.3 is 15.2 Å². The SMILES string of the molecule is CC(CCOc1ccccc1)C(=O)NCC(C(=O)O)c1ccccc1. The minimum atomic E-state index is -0.952. The van der Waals surface area contributed by atoms with Crippen LogP contribution in [0.3, 0.4) is 0 Å². The lowest BCUT2D eigenvalue weighted by atomic mass is 9.99. The van der Waals surface area contributed by atoms with Gasteiger partial charge in [0.15, 0.2) is 0 Å². The molecule has 5 nitrogen and oxygen atoms in total. The molecule has 0 heterocycles. The quantitative estimate of drug-likeness (QED) is 0.735. The first-order valence-electron chi connectivity index (χ1n) is 8.31. The first kappa shape index (κ1) is 18.5. The largest absolute Gasteiger partial charge is 0.494 e. The van der Waals surface area contributed by atoms with Crippen LogP contribution in [0.2, 0.25) is 0 Å². The third kappa shape index (κ3) is 5.95. The summed E-state index contributed by atoms with van der Waals surface area (Å²) in [6.45, 7) is 2.31. The molecule has 0 saturated heterocycles. The van der Waals surface area contributed by atoms with E-state index in [4.69, 9.17) is 4.74 Å². The number of amides is 1. The Bertz CT molecular complexity index is 673. The van der Waals surface area contributed by atoms with E-state index in [0.717, 1.165) is 5.75 Å². The number of carbonyl (C=O) groups is 2. The minimum absolute atomic E-state index is 0.0715. The smallest absolute Gasteiger partial charge is 0.312 e. The number of para-hydroxylation sites is 1. The number of aliphatic carboxylic acids is 1. The van der Waals surface area contributed by atoms with Crippen molar-refractivity contribution in [2.45, 2.75) is 19.3 Å². The number of nitrogens with one attached hydrogen (secondary N) is 1. The van der Waals surface area contributed by atoms with Gasteiger partial charge in [0.1, 0.15) is 5.75 Å². The van der Waals surface area contributed by atoms with E-state index in [0.29, 0.717) is 18.6 Å². The predicted molar refractivity (Wildman–Crippen MR) is 95.5 cm³/mol. The zero-order valence-electron chi connectivity index (χ0n) is 14.2. The molecule has 1 amide bonds. The molecule has 2 N–H and O–H groups in total. The van der Waals surface area contributed by atoms with E-state index in [1.54, 1.807) is 24.3 Å². The maximum atomic E-state index is 12.2. The highest BCUT2D eigenvalue weighted by molar-refractivity contribution is 5.81. The van der Waals surface area contributed by atoms with Gasteiger partial charge in [-0.25, -0.2) is 0 Å². The van der Waals surface area contributed by atoms with E-state index < -0.39 is 11.9 Å². The molecule has 0 radical (unpaired) electrons. The second-order valence-electron chi connectivity index (χ2n) is 5.90. The molecule has 0 saturated carbocycles. The van der Waals surface area contributed by atoms with Crippen LogP contribution in [-0.2, 0) is 9.59 Å². The van der Waals surface area contributed by atoms with Crippen molar-refractivity contribution in [2.75, 3.05) is 13.2 Å². The monoisotopic (exact) mass is 341 g/mol. The first-order valence-corrected chi connectivity index (χ1v) is 8.31. The number of rotatable bonds is 9. The molecule has 2 rings (SSSR count). The fourth-order valence-corrected chi connectivity index (χ4v) is 2.41. The zero-order valence-corrected chi connectivity index (χ0v) is 14.2. The molecule has 2 unspecified atom stereocenters. The molecule has 0 aliphatic carbocycles. The predicted octanol–water partition coefficient (Wildman–Crippen LogP) is 3.08. The Morgan fingerprint density at radius 3 is 2.24 bits per heavy atom. The number of hydrogen-bond donors (Lipinski definition) is 2. The summed E-state index contributed by atoms with van der Waals surface area (Å²) in [5.74, 6) is -1.36. The van der Waals surface area contributed by atoms with Crippen molar-refractivity contribution >= 4 is 11.9 Å². The molecule has 0 fully saturated rings. The highest BCUT2D eigenvalue weighted by Crippen LogP contribution is 2.15. The number of benzene rings is 2. The van der Waals surface area contributed by atoms with Crippen LogP contribution in [0.25, 0.3) is 0 Å². The van der Waals surface area contributed by atoms with Crippen molar-refractivity contribution in [3.8, 4) is 5.75 Å². The fraction of sp³-hybridized carbons (Fsp3) is 0.300. The average molecular weight is 341 g/mol. The molecule has 0 aliphatic rings. The Kier molecular flexibility index (Phi) is 7.01. The van der Waals surface area contributed by atoms with Crippen molar-refractivity contribution in [1.29, 1.82) is 0 Å². The van der Waals surface area contributed by atoms with E-state index >= 15 is 0 Å². The molecule has 2 aromatic carbocycles. The van der Waals surface area contributed by atoms with Crippen molar-refractivity contribution in [3.05, 3.63) is 66.2 Å². The van der Waals surface area contributed by atoms with E-state index in [1.165, 1.54) is 0 Å². The van der Waals surface area contributed by atoms with Crippen LogP contribution in [0, 0.1) is 5.92 Å². The second-order valence-corrected chi connectivity index (χ2v) is 5.90. The number of hydrogen-bond acceptors (Lipinski definition) is 3. The molecule has 2 aromatic rings. The van der Waals surface area contributed by atoms with E-state index in [2.05, 4.69) is 5.32 Å². The van der Waals surface area contributed by atoms with Crippen molar-refractivity contribution in [3.63, 3.8) is 0 Å². The Hall–Kier alpha value is -2.82. The average Bonchev–Trinajstić information content (AvgIpc) is 2.63. The number of ether oxygens (including phenoxy) is 1. The Morgan fingerprint density at radius 1 is 1.04 bits per heavy atom. The summed E-state index contributed by atoms with van der Waals surface area (Å²) in [5.41, 5.74) is 0.676. The summed E-state index contributed by atoms with van der Waals surface area (Å²) < 4.78 is 5.59. The van der Waals surface area contributed by atoms with Gasteiger partial charge in [-0.3, -0.25) is 9.59 Å². The minimum Gasteiger partial charge on any atom is -0.494 e. The molecule has 25 heavy (non-hydrogen) atoms. The van der Waals surface area contributed by atoms with Crippen LogP contribution in [0.1, 0.15) is 24.8 Å². The van der Waals surface area contributed by atoms with E-state index in [1.807, 2.05) is 43.3 Å². The lowest BCUT2D eigenvalue weighted by molar-refractivity contribution is -0.138. The molecular formula is C20H23NO4. The van der Waals surface area contributed by atoms with Crippen LogP contribution in [-0.4, -0.2) is 30.1 Å². The number of carboxylic acid groups (broad SMARTS) is 1. The summed E-state index contributed by atoms with van der Waals surface area (Å²) in [4.78, 5) is 23.6. The summed E-state index contributed by atoms with van der Waals surface area (Å²) in [6.07, 6.45) is 0.559. The molecule has 0 aromatic heterocycles. The normalized spacial score (nSPS) is 12.8. The Morgan fingerprint density at radius 2 is 1.64 bits per heavy atom. The van der Waals surface area contributed by atoms with E-state index in [-0.39, 0.29) is 18.4 Å². The zero-order chi connectivity index (χ0) is 18.1. The summed E-state index contributed by atoms with van der Waals surface area (Å²) >= 11 is 0. The molecule has 0 aliphatic heterocycles. The van der Waals surface area contributed by atoms with Crippen molar-refractivity contribution in [2.24, 2.45) is 5.92 Å². The van der Waals surface area contributed by atoms with Gasteiger partial charge in [0.25, 0.3) is 0 Å². The van der Waals surface area contributed by atoms with Crippen molar-refractivity contribution < 1.29 is 19.4 Å². The van der Waals surface area contributed by atoms with E-state index in [9.17, 15) is 14.7 Å². The highest BCUT2D eigenvalue weighted by atomic mass is 16.5. The van der Waals surface area contributed by atoms with Crippen LogP contribution in [0.4, 0.5) is 0 Å². The first-order chi connectivity index (χ1) is 12.1. The van der Waals surface area contributed by atoms with Gasteiger partial charge in [-0.15, -0.1) is 0 Å². The lowest BCUT2D eigenvalue weighted by Gasteiger charge is -2.16. The van der Waals surface area contributed by atoms with Crippen LogP contribution >= 0.6 is 0 Å². The van der Waals surface area contributed by atoms with Crippen LogP contribution < -0.4 is 10.1 Å². The Balaban J connectivity index is 1.78. The standard InChI is InChI=1S/C20H23NO4/c1-15(12-13-25-17-10-6-3-7-11-17)19(22)21-14-18(20(23)24)16-8-4-2-5-9-16/h2-11,15,18H,12-14H2,1H3,(H,21,22)(H,23,24). The van der Waals surface area contributed by atoms with Gasteiger partial charge in [0, 0.05) is 12.5 Å². The summed E-state index contributed by atoms with van der Waals surface area (Å²) in [6, 6.07) is 18.3. The maximum Gasteiger partial charge on any atom is 0.312 e. The lowest BCUT2D eigenvalue weighted by Crippen LogP contribution is -2.35. The molecule has 0 bridgehead atoms. The van der Waals surface area contributed by atoms with Gasteiger partial charge in [-0.05, 0) is 24.1 Å². The molecular weight excluding hydrogens is 318 g/mol. The molecule has 0 spiro atoms. The fourth-order valence-electron chi connectivity index (χ4n) is 2.41. The molecule has 2 atom stereocenters. The van der Waals surface area contributed by atoms with Gasteiger partial charge >= 0.3 is 5.97 Å². The maximum absolute atomic E-state index is 12.2. The third-order valence-corrected chi connectivity index (χ3v) is 3.99. The summed E-state index contributed by atoms with van der Waals surface area (Å²) in [7, 11) is 0. The summed E-state index contributed by atoms with van der Waals surface area (Å²) in [5, 5.41) is 12.1. The topological polar surface area (TPSA) is 75.6 Å². The van der Waals surface area contributed by atoms with Gasteiger partial charge in [0.2, 0.25) is 5.91 Å². The molecule has 5 heteroatoms. The number of carbonyl (C=O) groups excluding carboxylic acids is 1. The second kappa shape index (κ2) is 9.47. The Labute approximate surface area is 147 Å². The third-order valence-electron chi connectivity index (χ3n) is 3.99. The van der Waals surface area contributed by atoms with Crippen LogP contribution in [0.15, 0.2) is 60.7 Å². The van der Waals surface area contributed by atoms with Crippen molar-refractivity contribution in [1.82, 2.24) is 5.32 Å². The van der Waals surface area contributed by atoms with Gasteiger partial charge in [-0.1, -0.05) is 55.5 Å². The highest BCUT2D eigenvalue weighted by Gasteiger charge is 2.21. The number of carboxylic acids is 1. The van der Waals surface area contributed by atoms with Gasteiger partial charge in [0.05, 0.1) is 12.5 Å². The van der Waals surface area contributed by atoms with Crippen LogP contribution in [0.5, 0.6) is 5.75 Å². The molecule has 132 valence electrons. The van der Waals surface area contributed by atoms with Gasteiger partial charge in [-0.2, -0.15) is 0 Å².